The fraction of sp³-hybridized carbons (Fsp3) is 0.538. The molecule has 1 aromatic carbocycles. The van der Waals surface area contributed by atoms with Crippen molar-refractivity contribution in [2.45, 2.75) is 12.5 Å². The van der Waals surface area contributed by atoms with Crippen molar-refractivity contribution < 1.29 is 20.4 Å². The molecule has 0 saturated carbocycles. The van der Waals surface area contributed by atoms with Gasteiger partial charge in [-0.1, -0.05) is 0 Å². The number of hydrogen-bond donors (Lipinski definition) is 5. The van der Waals surface area contributed by atoms with E-state index in [-0.39, 0.29) is 22.8 Å². The largest absolute Gasteiger partial charge is 0.508 e. The number of aliphatic hydroxyl groups is 1. The first-order valence-electron chi connectivity index (χ1n) is 6.44. The maximum atomic E-state index is 10.1. The Kier molecular flexibility index (Phi) is 4.47. The molecule has 1 aromatic rings. The van der Waals surface area contributed by atoms with Crippen molar-refractivity contribution in [3.05, 3.63) is 17.7 Å². The molecule has 1 fully saturated rings. The van der Waals surface area contributed by atoms with Gasteiger partial charge in [-0.15, -0.1) is 0 Å². The lowest BCUT2D eigenvalue weighted by Crippen LogP contribution is -2.44. The normalized spacial score (nSPS) is 18.4. The number of aliphatic hydroxyl groups excluding tert-OH is 1. The van der Waals surface area contributed by atoms with Gasteiger partial charge in [-0.25, -0.2) is 0 Å². The van der Waals surface area contributed by atoms with E-state index in [0.717, 1.165) is 38.3 Å². The Morgan fingerprint density at radius 2 is 1.68 bits per heavy atom. The summed E-state index contributed by atoms with van der Waals surface area (Å²) in [6, 6.07) is 2.23. The van der Waals surface area contributed by atoms with Crippen LogP contribution in [0.1, 0.15) is 18.1 Å². The summed E-state index contributed by atoms with van der Waals surface area (Å²) in [6.07, 6.45) is -0.526. The van der Waals surface area contributed by atoms with Crippen LogP contribution in [0.15, 0.2) is 12.1 Å². The molecular formula is C13H20N2O4. The molecule has 106 valence electrons. The van der Waals surface area contributed by atoms with Crippen LogP contribution in [0.2, 0.25) is 0 Å². The first kappa shape index (κ1) is 13.9. The maximum Gasteiger partial charge on any atom is 0.128 e. The van der Waals surface area contributed by atoms with E-state index in [1.54, 1.807) is 0 Å². The van der Waals surface area contributed by atoms with E-state index in [1.807, 2.05) is 0 Å². The van der Waals surface area contributed by atoms with Crippen LogP contribution in [0.25, 0.3) is 0 Å². The molecule has 19 heavy (non-hydrogen) atoms. The topological polar surface area (TPSA) is 96.2 Å². The molecular weight excluding hydrogens is 248 g/mol. The number of piperazine rings is 1. The van der Waals surface area contributed by atoms with Gasteiger partial charge in [0.15, 0.2) is 0 Å². The van der Waals surface area contributed by atoms with Gasteiger partial charge < -0.3 is 30.6 Å². The first-order valence-corrected chi connectivity index (χ1v) is 6.44. The quantitative estimate of drug-likeness (QED) is 0.533. The molecule has 0 aliphatic carbocycles. The van der Waals surface area contributed by atoms with E-state index in [4.69, 9.17) is 0 Å². The highest BCUT2D eigenvalue weighted by atomic mass is 16.3. The SMILES string of the molecule is Oc1cc(O)c(C(O)CCN2CCNCC2)c(O)c1. The molecule has 6 nitrogen and oxygen atoms in total. The van der Waals surface area contributed by atoms with Gasteiger partial charge in [-0.3, -0.25) is 0 Å². The molecule has 0 amide bonds. The number of phenolic OH excluding ortho intramolecular Hbond substituents is 3. The summed E-state index contributed by atoms with van der Waals surface area (Å²) in [5, 5.41) is 41.9. The average Bonchev–Trinajstić information content (AvgIpc) is 2.36. The van der Waals surface area contributed by atoms with Crippen LogP contribution in [-0.2, 0) is 0 Å². The fourth-order valence-electron chi connectivity index (χ4n) is 2.33. The summed E-state index contributed by atoms with van der Waals surface area (Å²) in [5.74, 6) is -0.802. The number of nitrogens with one attached hydrogen (secondary N) is 1. The summed E-state index contributed by atoms with van der Waals surface area (Å²) in [7, 11) is 0. The molecule has 1 atom stereocenters. The van der Waals surface area contributed by atoms with Crippen molar-refractivity contribution in [1.29, 1.82) is 0 Å². The van der Waals surface area contributed by atoms with Crippen molar-refractivity contribution in [3.63, 3.8) is 0 Å². The Hall–Kier alpha value is -1.50. The zero-order chi connectivity index (χ0) is 13.8. The number of aromatic hydroxyl groups is 3. The van der Waals surface area contributed by atoms with Gasteiger partial charge in [0.1, 0.15) is 17.2 Å². The van der Waals surface area contributed by atoms with Crippen LogP contribution in [0.5, 0.6) is 17.2 Å². The summed E-state index contributed by atoms with van der Waals surface area (Å²) < 4.78 is 0. The van der Waals surface area contributed by atoms with Crippen molar-refractivity contribution in [1.82, 2.24) is 10.2 Å². The summed E-state index contributed by atoms with van der Waals surface area (Å²) in [5.41, 5.74) is 0.0768. The second kappa shape index (κ2) is 6.10. The molecule has 2 rings (SSSR count). The molecule has 0 radical (unpaired) electrons. The minimum atomic E-state index is -0.949. The zero-order valence-electron chi connectivity index (χ0n) is 10.7. The summed E-state index contributed by atoms with van der Waals surface area (Å²) >= 11 is 0. The molecule has 0 spiro atoms. The average molecular weight is 268 g/mol. The smallest absolute Gasteiger partial charge is 0.128 e. The third-order valence-corrected chi connectivity index (χ3v) is 3.38. The van der Waals surface area contributed by atoms with Crippen LogP contribution in [0.3, 0.4) is 0 Å². The van der Waals surface area contributed by atoms with E-state index in [2.05, 4.69) is 10.2 Å². The van der Waals surface area contributed by atoms with E-state index >= 15 is 0 Å². The van der Waals surface area contributed by atoms with Crippen LogP contribution in [0.4, 0.5) is 0 Å². The highest BCUT2D eigenvalue weighted by Gasteiger charge is 2.19. The standard InChI is InChI=1S/C13H20N2O4/c16-9-7-11(18)13(12(19)8-9)10(17)1-4-15-5-2-14-3-6-15/h7-8,10,14,16-19H,1-6H2. The molecule has 1 unspecified atom stereocenters. The van der Waals surface area contributed by atoms with Gasteiger partial charge in [0.2, 0.25) is 0 Å². The van der Waals surface area contributed by atoms with Gasteiger partial charge in [0, 0.05) is 44.9 Å². The van der Waals surface area contributed by atoms with E-state index < -0.39 is 6.10 Å². The minimum Gasteiger partial charge on any atom is -0.508 e. The lowest BCUT2D eigenvalue weighted by atomic mass is 10.0. The van der Waals surface area contributed by atoms with Crippen molar-refractivity contribution in [2.75, 3.05) is 32.7 Å². The highest BCUT2D eigenvalue weighted by molar-refractivity contribution is 5.49. The van der Waals surface area contributed by atoms with Crippen molar-refractivity contribution in [2.24, 2.45) is 0 Å². The van der Waals surface area contributed by atoms with Gasteiger partial charge in [0.05, 0.1) is 11.7 Å². The van der Waals surface area contributed by atoms with Gasteiger partial charge in [0.25, 0.3) is 0 Å². The van der Waals surface area contributed by atoms with E-state index in [0.29, 0.717) is 13.0 Å². The Bertz CT molecular complexity index is 410. The number of hydrogen-bond acceptors (Lipinski definition) is 6. The van der Waals surface area contributed by atoms with Gasteiger partial charge >= 0.3 is 0 Å². The van der Waals surface area contributed by atoms with E-state index in [1.165, 1.54) is 0 Å². The number of phenols is 3. The molecule has 1 aliphatic rings. The van der Waals surface area contributed by atoms with Crippen LogP contribution < -0.4 is 5.32 Å². The Morgan fingerprint density at radius 1 is 1.11 bits per heavy atom. The van der Waals surface area contributed by atoms with E-state index in [9.17, 15) is 20.4 Å². The first-order chi connectivity index (χ1) is 9.08. The van der Waals surface area contributed by atoms with Gasteiger partial charge in [-0.2, -0.15) is 0 Å². The van der Waals surface area contributed by atoms with Crippen LogP contribution in [0, 0.1) is 0 Å². The lowest BCUT2D eigenvalue weighted by molar-refractivity contribution is 0.131. The number of nitrogens with zero attached hydrogens (tertiary/aromatic N) is 1. The minimum absolute atomic E-state index is 0.0768. The van der Waals surface area contributed by atoms with Crippen molar-refractivity contribution in [3.8, 4) is 17.2 Å². The van der Waals surface area contributed by atoms with Crippen LogP contribution in [-0.4, -0.2) is 58.0 Å². The summed E-state index contributed by atoms with van der Waals surface area (Å²) in [4.78, 5) is 2.22. The number of rotatable bonds is 4. The van der Waals surface area contributed by atoms with Crippen LogP contribution >= 0.6 is 0 Å². The van der Waals surface area contributed by atoms with Gasteiger partial charge in [-0.05, 0) is 6.42 Å². The fourth-order valence-corrected chi connectivity index (χ4v) is 2.33. The molecule has 1 aliphatic heterocycles. The molecule has 0 aromatic heterocycles. The maximum absolute atomic E-state index is 10.1. The second-order valence-corrected chi connectivity index (χ2v) is 4.79. The Morgan fingerprint density at radius 3 is 2.26 bits per heavy atom. The molecule has 5 N–H and O–H groups in total. The third kappa shape index (κ3) is 3.50. The predicted octanol–water partition coefficient (Wildman–Crippen LogP) is 0.132. The molecule has 1 heterocycles. The number of benzene rings is 1. The Labute approximate surface area is 111 Å². The Balaban J connectivity index is 1.97. The molecule has 0 bridgehead atoms. The molecule has 6 heteroatoms. The predicted molar refractivity (Wildman–Crippen MR) is 70.3 cm³/mol. The monoisotopic (exact) mass is 268 g/mol. The summed E-state index contributed by atoms with van der Waals surface area (Å²) in [6.45, 7) is 4.43. The van der Waals surface area contributed by atoms with Crippen molar-refractivity contribution >= 4 is 0 Å². The molecule has 1 saturated heterocycles. The third-order valence-electron chi connectivity index (χ3n) is 3.38. The zero-order valence-corrected chi connectivity index (χ0v) is 10.7. The highest BCUT2D eigenvalue weighted by Crippen LogP contribution is 2.37. The lowest BCUT2D eigenvalue weighted by Gasteiger charge is -2.28. The second-order valence-electron chi connectivity index (χ2n) is 4.79.